The van der Waals surface area contributed by atoms with Crippen molar-refractivity contribution in [3.05, 3.63) is 34.6 Å². The maximum Gasteiger partial charge on any atom is 0.253 e. The molecule has 2 nitrogen and oxygen atoms in total. The van der Waals surface area contributed by atoms with Crippen molar-refractivity contribution in [3.8, 4) is 0 Å². The van der Waals surface area contributed by atoms with Crippen LogP contribution in [0, 0.1) is 5.82 Å². The number of benzene rings is 1. The van der Waals surface area contributed by atoms with Gasteiger partial charge in [0.15, 0.2) is 0 Å². The molecule has 0 N–H and O–H groups in total. The predicted molar refractivity (Wildman–Crippen MR) is 66.8 cm³/mol. The Morgan fingerprint density at radius 3 is 2.75 bits per heavy atom. The standard InChI is InChI=1S/C11H12BrClFNO/c1-7(12)6-15(2)11(16)8-3-4-9(13)10(14)5-8/h3-5,7H,6H2,1-2H3. The minimum Gasteiger partial charge on any atom is -0.341 e. The van der Waals surface area contributed by atoms with Gasteiger partial charge in [-0.3, -0.25) is 4.79 Å². The molecule has 0 bridgehead atoms. The number of rotatable bonds is 3. The monoisotopic (exact) mass is 307 g/mol. The number of alkyl halides is 1. The van der Waals surface area contributed by atoms with Gasteiger partial charge in [-0.2, -0.15) is 0 Å². The molecule has 1 atom stereocenters. The quantitative estimate of drug-likeness (QED) is 0.784. The highest BCUT2D eigenvalue weighted by Gasteiger charge is 2.14. The average molecular weight is 309 g/mol. The maximum atomic E-state index is 13.2. The van der Waals surface area contributed by atoms with E-state index in [9.17, 15) is 9.18 Å². The van der Waals surface area contributed by atoms with Gasteiger partial charge in [0.1, 0.15) is 5.82 Å². The molecule has 1 rings (SSSR count). The van der Waals surface area contributed by atoms with Crippen LogP contribution in [0.15, 0.2) is 18.2 Å². The van der Waals surface area contributed by atoms with Gasteiger partial charge in [0, 0.05) is 24.0 Å². The Morgan fingerprint density at radius 1 is 1.62 bits per heavy atom. The van der Waals surface area contributed by atoms with Crippen molar-refractivity contribution in [2.75, 3.05) is 13.6 Å². The van der Waals surface area contributed by atoms with Crippen molar-refractivity contribution in [2.45, 2.75) is 11.8 Å². The first-order valence-electron chi connectivity index (χ1n) is 4.76. The van der Waals surface area contributed by atoms with Crippen LogP contribution in [-0.2, 0) is 0 Å². The highest BCUT2D eigenvalue weighted by Crippen LogP contribution is 2.16. The second-order valence-corrected chi connectivity index (χ2v) is 5.57. The van der Waals surface area contributed by atoms with Crippen molar-refractivity contribution in [1.82, 2.24) is 4.90 Å². The molecule has 1 unspecified atom stereocenters. The molecular weight excluding hydrogens is 296 g/mol. The van der Waals surface area contributed by atoms with Gasteiger partial charge in [0.2, 0.25) is 0 Å². The largest absolute Gasteiger partial charge is 0.341 e. The van der Waals surface area contributed by atoms with Crippen molar-refractivity contribution in [3.63, 3.8) is 0 Å². The summed E-state index contributed by atoms with van der Waals surface area (Å²) < 4.78 is 13.2. The van der Waals surface area contributed by atoms with E-state index in [1.165, 1.54) is 17.0 Å². The molecule has 0 fully saturated rings. The molecule has 5 heteroatoms. The third-order valence-electron chi connectivity index (χ3n) is 2.04. The molecule has 88 valence electrons. The van der Waals surface area contributed by atoms with Crippen molar-refractivity contribution < 1.29 is 9.18 Å². The SMILES string of the molecule is CC(Br)CN(C)C(=O)c1ccc(Cl)c(F)c1. The molecule has 0 saturated heterocycles. The Morgan fingerprint density at radius 2 is 2.25 bits per heavy atom. The van der Waals surface area contributed by atoms with E-state index in [0.717, 1.165) is 6.07 Å². The van der Waals surface area contributed by atoms with Gasteiger partial charge in [-0.15, -0.1) is 0 Å². The van der Waals surface area contributed by atoms with Gasteiger partial charge in [-0.25, -0.2) is 4.39 Å². The third kappa shape index (κ3) is 3.46. The molecule has 1 aromatic rings. The third-order valence-corrected chi connectivity index (χ3v) is 2.63. The molecule has 16 heavy (non-hydrogen) atoms. The summed E-state index contributed by atoms with van der Waals surface area (Å²) in [6, 6.07) is 4.05. The molecule has 1 aromatic carbocycles. The molecule has 0 radical (unpaired) electrons. The van der Waals surface area contributed by atoms with E-state index < -0.39 is 5.82 Å². The Bertz CT molecular complexity index is 398. The van der Waals surface area contributed by atoms with Gasteiger partial charge < -0.3 is 4.90 Å². The summed E-state index contributed by atoms with van der Waals surface area (Å²) in [5, 5.41) is 0.0214. The highest BCUT2D eigenvalue weighted by atomic mass is 79.9. The van der Waals surface area contributed by atoms with E-state index in [1.54, 1.807) is 7.05 Å². The first-order chi connectivity index (χ1) is 7.41. The molecule has 0 aliphatic carbocycles. The number of nitrogens with zero attached hydrogens (tertiary/aromatic N) is 1. The Kier molecular flexibility index (Phi) is 4.74. The van der Waals surface area contributed by atoms with E-state index >= 15 is 0 Å². The molecule has 1 amide bonds. The van der Waals surface area contributed by atoms with Crippen LogP contribution in [0.4, 0.5) is 4.39 Å². The summed E-state index contributed by atoms with van der Waals surface area (Å²) >= 11 is 8.89. The lowest BCUT2D eigenvalue weighted by molar-refractivity contribution is 0.0797. The van der Waals surface area contributed by atoms with E-state index in [2.05, 4.69) is 15.9 Å². The summed E-state index contributed by atoms with van der Waals surface area (Å²) in [7, 11) is 1.67. The molecule has 0 aliphatic rings. The van der Waals surface area contributed by atoms with E-state index in [1.807, 2.05) is 6.92 Å². The second kappa shape index (κ2) is 5.64. The average Bonchev–Trinajstić information content (AvgIpc) is 2.20. The van der Waals surface area contributed by atoms with Crippen molar-refractivity contribution in [2.24, 2.45) is 0 Å². The summed E-state index contributed by atoms with van der Waals surface area (Å²) in [5.41, 5.74) is 0.303. The van der Waals surface area contributed by atoms with E-state index in [4.69, 9.17) is 11.6 Å². The molecule has 0 aromatic heterocycles. The number of hydrogen-bond acceptors (Lipinski definition) is 1. The predicted octanol–water partition coefficient (Wildman–Crippen LogP) is 3.33. The van der Waals surface area contributed by atoms with Crippen LogP contribution in [0.3, 0.4) is 0 Å². The number of amides is 1. The van der Waals surface area contributed by atoms with Crippen LogP contribution in [-0.4, -0.2) is 29.2 Å². The summed E-state index contributed by atoms with van der Waals surface area (Å²) in [6.45, 7) is 2.50. The first kappa shape index (κ1) is 13.5. The number of carbonyl (C=O) groups excluding carboxylic acids is 1. The summed E-state index contributed by atoms with van der Waals surface area (Å²) in [6.07, 6.45) is 0. The lowest BCUT2D eigenvalue weighted by Gasteiger charge is -2.18. The van der Waals surface area contributed by atoms with E-state index in [0.29, 0.717) is 12.1 Å². The fraction of sp³-hybridized carbons (Fsp3) is 0.364. The van der Waals surface area contributed by atoms with E-state index in [-0.39, 0.29) is 15.8 Å². The Balaban J connectivity index is 2.84. The van der Waals surface area contributed by atoms with Gasteiger partial charge in [-0.1, -0.05) is 34.5 Å². The number of carbonyl (C=O) groups is 1. The Hall–Kier alpha value is -0.610. The zero-order chi connectivity index (χ0) is 12.3. The molecule has 0 spiro atoms. The topological polar surface area (TPSA) is 20.3 Å². The summed E-state index contributed by atoms with van der Waals surface area (Å²) in [4.78, 5) is 13.6. The number of hydrogen-bond donors (Lipinski definition) is 0. The summed E-state index contributed by atoms with van der Waals surface area (Å²) in [5.74, 6) is -0.797. The first-order valence-corrected chi connectivity index (χ1v) is 6.05. The van der Waals surface area contributed by atoms with Gasteiger partial charge in [0.25, 0.3) is 5.91 Å². The smallest absolute Gasteiger partial charge is 0.253 e. The minimum atomic E-state index is -0.576. The lowest BCUT2D eigenvalue weighted by Crippen LogP contribution is -2.31. The second-order valence-electron chi connectivity index (χ2n) is 3.60. The number of halogens is 3. The molecule has 0 saturated carbocycles. The van der Waals surface area contributed by atoms with Crippen molar-refractivity contribution >= 4 is 33.4 Å². The van der Waals surface area contributed by atoms with Gasteiger partial charge in [-0.05, 0) is 18.2 Å². The van der Waals surface area contributed by atoms with Gasteiger partial charge in [0.05, 0.1) is 5.02 Å². The lowest BCUT2D eigenvalue weighted by atomic mass is 10.2. The molecular formula is C11H12BrClFNO. The van der Waals surface area contributed by atoms with Crippen LogP contribution in [0.1, 0.15) is 17.3 Å². The molecule has 0 aliphatic heterocycles. The zero-order valence-electron chi connectivity index (χ0n) is 9.01. The van der Waals surface area contributed by atoms with Crippen LogP contribution >= 0.6 is 27.5 Å². The minimum absolute atomic E-state index is 0.0214. The normalized spacial score (nSPS) is 12.3. The fourth-order valence-corrected chi connectivity index (χ4v) is 1.86. The van der Waals surface area contributed by atoms with Crippen molar-refractivity contribution in [1.29, 1.82) is 0 Å². The maximum absolute atomic E-state index is 13.2. The van der Waals surface area contributed by atoms with Gasteiger partial charge >= 0.3 is 0 Å². The van der Waals surface area contributed by atoms with Crippen LogP contribution in [0.5, 0.6) is 0 Å². The van der Waals surface area contributed by atoms with Crippen LogP contribution < -0.4 is 0 Å². The van der Waals surface area contributed by atoms with Crippen LogP contribution in [0.25, 0.3) is 0 Å². The Labute approximate surface area is 108 Å². The molecule has 0 heterocycles. The highest BCUT2D eigenvalue weighted by molar-refractivity contribution is 9.09. The van der Waals surface area contributed by atoms with Crippen LogP contribution in [0.2, 0.25) is 5.02 Å². The zero-order valence-corrected chi connectivity index (χ0v) is 11.3. The fourth-order valence-electron chi connectivity index (χ4n) is 1.31.